The van der Waals surface area contributed by atoms with Gasteiger partial charge in [-0.2, -0.15) is 0 Å². The maximum absolute atomic E-state index is 13.4. The Balaban J connectivity index is 2.06. The Morgan fingerprint density at radius 3 is 2.27 bits per heavy atom. The fourth-order valence-electron chi connectivity index (χ4n) is 4.19. The molecule has 0 radical (unpaired) electrons. The molecule has 0 fully saturated rings. The number of nitrogens with zero attached hydrogens (tertiary/aromatic N) is 1. The number of aromatic nitrogens is 1. The summed E-state index contributed by atoms with van der Waals surface area (Å²) in [5.74, 6) is -1.26. The molecule has 200 valence electrons. The molecule has 1 amide bonds. The Bertz CT molecular complexity index is 1300. The molecule has 5 unspecified atom stereocenters. The normalized spacial score (nSPS) is 15.6. The first-order valence-corrected chi connectivity index (χ1v) is 11.9. The predicted octanol–water partition coefficient (Wildman–Crippen LogP) is 0.445. The second-order valence-corrected chi connectivity index (χ2v) is 8.90. The number of hydrogen-bond donors (Lipinski definition) is 8. The minimum Gasteiger partial charge on any atom is -0.506 e. The van der Waals surface area contributed by atoms with E-state index in [-0.39, 0.29) is 23.1 Å². The summed E-state index contributed by atoms with van der Waals surface area (Å²) in [6, 6.07) is 11.0. The number of para-hydroxylation sites is 1. The lowest BCUT2D eigenvalue weighted by Gasteiger charge is -2.30. The van der Waals surface area contributed by atoms with Gasteiger partial charge in [0.25, 0.3) is 11.5 Å². The van der Waals surface area contributed by atoms with Crippen LogP contribution < -0.4 is 15.8 Å². The molecule has 0 spiro atoms. The van der Waals surface area contributed by atoms with Crippen molar-refractivity contribution < 1.29 is 35.4 Å². The van der Waals surface area contributed by atoms with Crippen molar-refractivity contribution in [3.8, 4) is 5.75 Å². The number of nitrogens with one attached hydrogen (secondary N) is 2. The van der Waals surface area contributed by atoms with Crippen LogP contribution in [-0.2, 0) is 0 Å². The second-order valence-electron chi connectivity index (χ2n) is 8.90. The number of carbonyl (C=O) groups excluding carboxylic acids is 1. The van der Waals surface area contributed by atoms with E-state index in [2.05, 4.69) is 10.3 Å². The second kappa shape index (κ2) is 11.7. The molecule has 0 saturated carbocycles. The number of benzene rings is 2. The summed E-state index contributed by atoms with van der Waals surface area (Å²) in [6.45, 7) is 4.36. The summed E-state index contributed by atoms with van der Waals surface area (Å²) in [7, 11) is 0. The summed E-state index contributed by atoms with van der Waals surface area (Å²) in [5.41, 5.74) is 0.436. The minimum atomic E-state index is -1.81. The van der Waals surface area contributed by atoms with Gasteiger partial charge in [-0.1, -0.05) is 24.3 Å². The molecule has 0 bridgehead atoms. The third-order valence-corrected chi connectivity index (χ3v) is 6.37. The van der Waals surface area contributed by atoms with Crippen molar-refractivity contribution in [1.82, 2.24) is 4.98 Å². The number of pyridine rings is 1. The molecule has 5 atom stereocenters. The molecule has 1 heterocycles. The predicted molar refractivity (Wildman–Crippen MR) is 139 cm³/mol. The summed E-state index contributed by atoms with van der Waals surface area (Å²) in [4.78, 5) is 30.4. The van der Waals surface area contributed by atoms with Crippen LogP contribution in [0.15, 0.2) is 47.3 Å². The third-order valence-electron chi connectivity index (χ3n) is 6.37. The zero-order valence-electron chi connectivity index (χ0n) is 20.8. The van der Waals surface area contributed by atoms with Crippen LogP contribution in [0.4, 0.5) is 11.4 Å². The molecule has 3 aromatic rings. The standard InChI is InChI=1S/C26H33N3O8/c1-4-29(15-8-6-5-7-9-15)26(37)19-23(34)18-16(11-10-13(2)20(18)28-25(19)36)27-14(3)21(32)24(35)22(33)17(31)12-30/h5-11,14,17,21-22,24,27,30-33,35H,4,12H2,1-3H3,(H2,28,34,36). The first-order chi connectivity index (χ1) is 17.5. The molecule has 11 nitrogen and oxygen atoms in total. The van der Waals surface area contributed by atoms with Crippen molar-refractivity contribution in [1.29, 1.82) is 0 Å². The van der Waals surface area contributed by atoms with Gasteiger partial charge in [0.05, 0.1) is 23.6 Å². The van der Waals surface area contributed by atoms with Crippen LogP contribution in [0.3, 0.4) is 0 Å². The average Bonchev–Trinajstić information content (AvgIpc) is 2.89. The van der Waals surface area contributed by atoms with Crippen molar-refractivity contribution in [3.05, 3.63) is 63.9 Å². The van der Waals surface area contributed by atoms with E-state index >= 15 is 0 Å². The van der Waals surface area contributed by atoms with Crippen molar-refractivity contribution >= 4 is 28.2 Å². The number of aromatic hydroxyl groups is 1. The van der Waals surface area contributed by atoms with Crippen LogP contribution in [0.5, 0.6) is 5.75 Å². The van der Waals surface area contributed by atoms with Crippen LogP contribution in [0, 0.1) is 6.92 Å². The van der Waals surface area contributed by atoms with Crippen LogP contribution >= 0.6 is 0 Å². The van der Waals surface area contributed by atoms with E-state index in [4.69, 9.17) is 5.11 Å². The number of rotatable bonds is 10. The molecule has 0 saturated heterocycles. The molecular formula is C26H33N3O8. The Labute approximate surface area is 213 Å². The van der Waals surface area contributed by atoms with E-state index in [1.54, 1.807) is 56.3 Å². The van der Waals surface area contributed by atoms with E-state index < -0.39 is 59.8 Å². The number of aromatic amines is 1. The Morgan fingerprint density at radius 2 is 1.68 bits per heavy atom. The average molecular weight is 516 g/mol. The molecule has 37 heavy (non-hydrogen) atoms. The van der Waals surface area contributed by atoms with Crippen LogP contribution in [0.2, 0.25) is 0 Å². The van der Waals surface area contributed by atoms with Crippen molar-refractivity contribution in [2.45, 2.75) is 51.2 Å². The zero-order chi connectivity index (χ0) is 27.4. The Morgan fingerprint density at radius 1 is 1.03 bits per heavy atom. The summed E-state index contributed by atoms with van der Waals surface area (Å²) in [6.07, 6.45) is -6.89. The SMILES string of the molecule is CCN(C(=O)c1c(O)c2c(NC(C)C(O)C(O)C(O)C(O)CO)ccc(C)c2[nH]c1=O)c1ccccc1. The lowest BCUT2D eigenvalue weighted by atomic mass is 9.98. The minimum absolute atomic E-state index is 0.122. The molecule has 8 N–H and O–H groups in total. The first kappa shape index (κ1) is 28.1. The number of aliphatic hydroxyl groups is 5. The number of amides is 1. The lowest BCUT2D eigenvalue weighted by molar-refractivity contribution is -0.117. The fraction of sp³-hybridized carbons (Fsp3) is 0.385. The lowest BCUT2D eigenvalue weighted by Crippen LogP contribution is -2.51. The van der Waals surface area contributed by atoms with E-state index in [9.17, 15) is 35.1 Å². The van der Waals surface area contributed by atoms with Crippen molar-refractivity contribution in [2.24, 2.45) is 0 Å². The number of aryl methyl sites for hydroxylation is 1. The summed E-state index contributed by atoms with van der Waals surface area (Å²) in [5, 5.41) is 63.6. The fourth-order valence-corrected chi connectivity index (χ4v) is 4.19. The highest BCUT2D eigenvalue weighted by Crippen LogP contribution is 2.35. The number of anilines is 2. The molecule has 3 rings (SSSR count). The van der Waals surface area contributed by atoms with Gasteiger partial charge < -0.3 is 45.8 Å². The topological polar surface area (TPSA) is 187 Å². The van der Waals surface area contributed by atoms with Crippen molar-refractivity contribution in [3.63, 3.8) is 0 Å². The van der Waals surface area contributed by atoms with E-state index in [0.29, 0.717) is 11.3 Å². The largest absolute Gasteiger partial charge is 0.506 e. The monoisotopic (exact) mass is 515 g/mol. The maximum Gasteiger partial charge on any atom is 0.267 e. The highest BCUT2D eigenvalue weighted by Gasteiger charge is 2.34. The number of hydrogen-bond acceptors (Lipinski definition) is 9. The van der Waals surface area contributed by atoms with Gasteiger partial charge in [0, 0.05) is 17.9 Å². The van der Waals surface area contributed by atoms with Gasteiger partial charge in [-0.15, -0.1) is 0 Å². The molecule has 0 aliphatic heterocycles. The maximum atomic E-state index is 13.4. The molecular weight excluding hydrogens is 482 g/mol. The Kier molecular flexibility index (Phi) is 8.89. The highest BCUT2D eigenvalue weighted by molar-refractivity contribution is 6.12. The number of carbonyl (C=O) groups is 1. The molecule has 2 aromatic carbocycles. The van der Waals surface area contributed by atoms with Gasteiger partial charge in [-0.3, -0.25) is 9.59 Å². The zero-order valence-corrected chi connectivity index (χ0v) is 20.8. The quantitative estimate of drug-likeness (QED) is 0.190. The van der Waals surface area contributed by atoms with E-state index in [1.165, 1.54) is 11.8 Å². The third kappa shape index (κ3) is 5.60. The highest BCUT2D eigenvalue weighted by atomic mass is 16.4. The van der Waals surface area contributed by atoms with Crippen LogP contribution in [-0.4, -0.2) is 85.1 Å². The van der Waals surface area contributed by atoms with E-state index in [0.717, 1.165) is 0 Å². The van der Waals surface area contributed by atoms with Gasteiger partial charge in [0.15, 0.2) is 0 Å². The van der Waals surface area contributed by atoms with Gasteiger partial charge >= 0.3 is 0 Å². The van der Waals surface area contributed by atoms with Gasteiger partial charge in [0.1, 0.15) is 35.7 Å². The summed E-state index contributed by atoms with van der Waals surface area (Å²) >= 11 is 0. The number of aliphatic hydroxyl groups excluding tert-OH is 5. The molecule has 1 aromatic heterocycles. The number of fused-ring (bicyclic) bond motifs is 1. The molecule has 0 aliphatic rings. The molecule has 11 heteroatoms. The van der Waals surface area contributed by atoms with Gasteiger partial charge in [0.2, 0.25) is 0 Å². The van der Waals surface area contributed by atoms with Crippen molar-refractivity contribution in [2.75, 3.05) is 23.4 Å². The van der Waals surface area contributed by atoms with Crippen LogP contribution in [0.25, 0.3) is 10.9 Å². The molecule has 0 aliphatic carbocycles. The Hall–Kier alpha value is -3.48. The van der Waals surface area contributed by atoms with Gasteiger partial charge in [-0.05, 0) is 44.5 Å². The smallest absolute Gasteiger partial charge is 0.267 e. The first-order valence-electron chi connectivity index (χ1n) is 11.9. The number of H-pyrrole nitrogens is 1. The summed E-state index contributed by atoms with van der Waals surface area (Å²) < 4.78 is 0. The van der Waals surface area contributed by atoms with E-state index in [1.807, 2.05) is 0 Å². The van der Waals surface area contributed by atoms with Crippen LogP contribution in [0.1, 0.15) is 29.8 Å². The van der Waals surface area contributed by atoms with Gasteiger partial charge in [-0.25, -0.2) is 0 Å².